The third-order valence-corrected chi connectivity index (χ3v) is 4.87. The van der Waals surface area contributed by atoms with Crippen LogP contribution in [0.5, 0.6) is 0 Å². The Kier molecular flexibility index (Phi) is 5.65. The highest BCUT2D eigenvalue weighted by molar-refractivity contribution is 5.75. The van der Waals surface area contributed by atoms with Gasteiger partial charge in [-0.15, -0.1) is 10.2 Å². The van der Waals surface area contributed by atoms with E-state index < -0.39 is 6.04 Å². The van der Waals surface area contributed by atoms with Gasteiger partial charge in [-0.25, -0.2) is 4.79 Å². The molecule has 0 spiro atoms. The van der Waals surface area contributed by atoms with Crippen molar-refractivity contribution < 1.29 is 4.79 Å². The van der Waals surface area contributed by atoms with Gasteiger partial charge in [-0.3, -0.25) is 4.79 Å². The number of aromatic amines is 1. The number of nitrogens with zero attached hydrogens (tertiary/aromatic N) is 3. The van der Waals surface area contributed by atoms with E-state index in [0.717, 1.165) is 31.4 Å². The van der Waals surface area contributed by atoms with Crippen molar-refractivity contribution in [3.05, 3.63) is 46.4 Å². The van der Waals surface area contributed by atoms with Crippen LogP contribution in [0.1, 0.15) is 51.3 Å². The van der Waals surface area contributed by atoms with E-state index in [1.165, 1.54) is 0 Å². The van der Waals surface area contributed by atoms with Gasteiger partial charge in [0.2, 0.25) is 0 Å². The van der Waals surface area contributed by atoms with Crippen LogP contribution in [0.3, 0.4) is 0 Å². The zero-order chi connectivity index (χ0) is 18.5. The molecule has 1 aliphatic rings. The van der Waals surface area contributed by atoms with Crippen LogP contribution in [-0.2, 0) is 0 Å². The molecule has 138 valence electrons. The van der Waals surface area contributed by atoms with Gasteiger partial charge in [-0.1, -0.05) is 37.3 Å². The van der Waals surface area contributed by atoms with Gasteiger partial charge in [0.25, 0.3) is 5.56 Å². The zero-order valence-corrected chi connectivity index (χ0v) is 15.2. The summed E-state index contributed by atoms with van der Waals surface area (Å²) < 4.78 is 0. The second kappa shape index (κ2) is 8.12. The second-order valence-corrected chi connectivity index (χ2v) is 6.70. The number of nitrogens with one attached hydrogen (secondary N) is 2. The highest BCUT2D eigenvalue weighted by atomic mass is 16.2. The fourth-order valence-corrected chi connectivity index (χ4v) is 3.30. The second-order valence-electron chi connectivity index (χ2n) is 6.70. The predicted molar refractivity (Wildman–Crippen MR) is 99.7 cm³/mol. The summed E-state index contributed by atoms with van der Waals surface area (Å²) in [6.45, 7) is 4.72. The molecule has 0 aliphatic carbocycles. The Morgan fingerprint density at radius 2 is 2.08 bits per heavy atom. The van der Waals surface area contributed by atoms with Gasteiger partial charge >= 0.3 is 6.03 Å². The summed E-state index contributed by atoms with van der Waals surface area (Å²) in [5, 5.41) is 11.2. The number of benzene rings is 1. The molecule has 7 nitrogen and oxygen atoms in total. The molecule has 1 aromatic heterocycles. The van der Waals surface area contributed by atoms with Gasteiger partial charge in [0.05, 0.1) is 6.04 Å². The molecular weight excluding hydrogens is 330 g/mol. The maximum absolute atomic E-state index is 12.6. The summed E-state index contributed by atoms with van der Waals surface area (Å²) in [5.41, 5.74) is 0.714. The Bertz CT molecular complexity index is 805. The number of carbonyl (C=O) groups excluding carboxylic acids is 1. The van der Waals surface area contributed by atoms with E-state index in [1.807, 2.05) is 42.2 Å². The van der Waals surface area contributed by atoms with Crippen LogP contribution < -0.4 is 10.9 Å². The van der Waals surface area contributed by atoms with Crippen LogP contribution >= 0.6 is 0 Å². The van der Waals surface area contributed by atoms with E-state index in [4.69, 9.17) is 0 Å². The summed E-state index contributed by atoms with van der Waals surface area (Å²) in [6, 6.07) is 8.97. The quantitative estimate of drug-likeness (QED) is 0.882. The molecule has 1 aliphatic heterocycles. The number of hydrogen-bond acceptors (Lipinski definition) is 4. The number of carbonyl (C=O) groups is 1. The first-order valence-corrected chi connectivity index (χ1v) is 9.19. The van der Waals surface area contributed by atoms with Crippen molar-refractivity contribution in [1.82, 2.24) is 25.4 Å². The van der Waals surface area contributed by atoms with Crippen LogP contribution in [-0.4, -0.2) is 38.7 Å². The Hall–Kier alpha value is -2.70. The van der Waals surface area contributed by atoms with Crippen LogP contribution in [0.15, 0.2) is 35.1 Å². The highest BCUT2D eigenvalue weighted by Crippen LogP contribution is 2.18. The highest BCUT2D eigenvalue weighted by Gasteiger charge is 2.26. The van der Waals surface area contributed by atoms with Crippen LogP contribution in [0.4, 0.5) is 4.79 Å². The van der Waals surface area contributed by atoms with Crippen molar-refractivity contribution in [3.8, 4) is 11.4 Å². The van der Waals surface area contributed by atoms with Gasteiger partial charge < -0.3 is 15.2 Å². The van der Waals surface area contributed by atoms with Crippen molar-refractivity contribution in [2.75, 3.05) is 6.54 Å². The van der Waals surface area contributed by atoms with Crippen LogP contribution in [0, 0.1) is 0 Å². The van der Waals surface area contributed by atoms with Gasteiger partial charge in [-0.05, 0) is 32.6 Å². The summed E-state index contributed by atoms with van der Waals surface area (Å²) in [6.07, 6.45) is 3.74. The summed E-state index contributed by atoms with van der Waals surface area (Å²) in [5.74, 6) is 0.421. The van der Waals surface area contributed by atoms with Gasteiger partial charge in [-0.2, -0.15) is 0 Å². The molecule has 2 unspecified atom stereocenters. The molecule has 2 N–H and O–H groups in total. The minimum atomic E-state index is -0.460. The molecule has 1 fully saturated rings. The van der Waals surface area contributed by atoms with E-state index >= 15 is 0 Å². The smallest absolute Gasteiger partial charge is 0.318 e. The summed E-state index contributed by atoms with van der Waals surface area (Å²) in [7, 11) is 0. The summed E-state index contributed by atoms with van der Waals surface area (Å²) >= 11 is 0. The fourth-order valence-electron chi connectivity index (χ4n) is 3.30. The monoisotopic (exact) mass is 355 g/mol. The first kappa shape index (κ1) is 18.1. The number of rotatable bonds is 4. The predicted octanol–water partition coefficient (Wildman–Crippen LogP) is 2.87. The molecule has 1 aromatic carbocycles. The maximum atomic E-state index is 12.6. The maximum Gasteiger partial charge on any atom is 0.318 e. The molecule has 0 saturated carbocycles. The topological polar surface area (TPSA) is 91.0 Å². The van der Waals surface area contributed by atoms with Gasteiger partial charge in [0.1, 0.15) is 0 Å². The molecular formula is C19H25N5O2. The number of piperidine rings is 1. The van der Waals surface area contributed by atoms with Crippen molar-refractivity contribution in [2.24, 2.45) is 0 Å². The van der Waals surface area contributed by atoms with E-state index in [1.54, 1.807) is 0 Å². The standard InChI is InChI=1S/C19H25N5O2/c1-3-15(20-19(26)24-12-8-7-9-13(24)2)16-18(25)21-17(23-22-16)14-10-5-4-6-11-14/h4-6,10-11,13,15H,3,7-9,12H2,1-2H3,(H,20,26)(H,21,23,25). The lowest BCUT2D eigenvalue weighted by Gasteiger charge is -2.34. The average molecular weight is 355 g/mol. The molecule has 2 amide bonds. The molecule has 2 atom stereocenters. The first-order valence-electron chi connectivity index (χ1n) is 9.19. The molecule has 1 saturated heterocycles. The van der Waals surface area contributed by atoms with E-state index in [9.17, 15) is 9.59 Å². The first-order chi connectivity index (χ1) is 12.6. The molecule has 0 radical (unpaired) electrons. The number of likely N-dealkylation sites (tertiary alicyclic amines) is 1. The zero-order valence-electron chi connectivity index (χ0n) is 15.2. The molecule has 26 heavy (non-hydrogen) atoms. The van der Waals surface area contributed by atoms with Crippen molar-refractivity contribution in [3.63, 3.8) is 0 Å². The lowest BCUT2D eigenvalue weighted by molar-refractivity contribution is 0.154. The number of hydrogen-bond donors (Lipinski definition) is 2. The van der Waals surface area contributed by atoms with Gasteiger partial charge in [0.15, 0.2) is 11.5 Å². The van der Waals surface area contributed by atoms with Crippen molar-refractivity contribution in [1.29, 1.82) is 0 Å². The van der Waals surface area contributed by atoms with Gasteiger partial charge in [0, 0.05) is 18.2 Å². The SMILES string of the molecule is CCC(NC(=O)N1CCCCC1C)c1nnc(-c2ccccc2)[nH]c1=O. The lowest BCUT2D eigenvalue weighted by Crippen LogP contribution is -2.49. The Morgan fingerprint density at radius 1 is 1.31 bits per heavy atom. The largest absolute Gasteiger partial charge is 0.329 e. The van der Waals surface area contributed by atoms with Crippen molar-refractivity contribution in [2.45, 2.75) is 51.6 Å². The molecule has 2 heterocycles. The minimum Gasteiger partial charge on any atom is -0.329 e. The number of amides is 2. The van der Waals surface area contributed by atoms with Crippen molar-refractivity contribution >= 4 is 6.03 Å². The number of aromatic nitrogens is 3. The average Bonchev–Trinajstić information content (AvgIpc) is 2.67. The molecule has 7 heteroatoms. The summed E-state index contributed by atoms with van der Waals surface area (Å²) in [4.78, 5) is 29.7. The molecule has 2 aromatic rings. The number of urea groups is 1. The Labute approximate surface area is 152 Å². The normalized spacial score (nSPS) is 18.4. The fraction of sp³-hybridized carbons (Fsp3) is 0.474. The molecule has 3 rings (SSSR count). The Morgan fingerprint density at radius 3 is 2.73 bits per heavy atom. The molecule has 0 bridgehead atoms. The third-order valence-electron chi connectivity index (χ3n) is 4.87. The number of H-pyrrole nitrogens is 1. The van der Waals surface area contributed by atoms with Crippen LogP contribution in [0.25, 0.3) is 11.4 Å². The van der Waals surface area contributed by atoms with E-state index in [0.29, 0.717) is 12.2 Å². The van der Waals surface area contributed by atoms with Crippen LogP contribution in [0.2, 0.25) is 0 Å². The van der Waals surface area contributed by atoms with E-state index in [2.05, 4.69) is 27.4 Å². The van der Waals surface area contributed by atoms with E-state index in [-0.39, 0.29) is 23.3 Å². The Balaban J connectivity index is 1.77. The minimum absolute atomic E-state index is 0.141. The lowest BCUT2D eigenvalue weighted by atomic mass is 10.0. The third kappa shape index (κ3) is 3.92.